The zero-order chi connectivity index (χ0) is 12.1. The van der Waals surface area contributed by atoms with Gasteiger partial charge in [-0.15, -0.1) is 0 Å². The lowest BCUT2D eigenvalue weighted by molar-refractivity contribution is -0.164. The molecule has 0 aromatic heterocycles. The van der Waals surface area contributed by atoms with E-state index in [9.17, 15) is 9.59 Å². The number of hydrogen-bond acceptors (Lipinski definition) is 4. The predicted molar refractivity (Wildman–Crippen MR) is 56.2 cm³/mol. The maximum atomic E-state index is 11.4. The van der Waals surface area contributed by atoms with E-state index in [0.29, 0.717) is 6.42 Å². The molecule has 0 spiro atoms. The van der Waals surface area contributed by atoms with Gasteiger partial charge in [0.15, 0.2) is 17.1 Å². The van der Waals surface area contributed by atoms with Gasteiger partial charge in [0, 0.05) is 6.42 Å². The van der Waals surface area contributed by atoms with E-state index < -0.39 is 11.6 Å². The van der Waals surface area contributed by atoms with Crippen molar-refractivity contribution in [2.45, 2.75) is 39.7 Å². The highest BCUT2D eigenvalue weighted by Gasteiger charge is 2.32. The van der Waals surface area contributed by atoms with Gasteiger partial charge in [0.2, 0.25) is 0 Å². The Kier molecular flexibility index (Phi) is 5.05. The number of Topliss-reactive ketones (excluding diaryl/α,β-unsaturated/α-hetero) is 1. The first-order chi connectivity index (χ1) is 6.85. The second-order valence-corrected chi connectivity index (χ2v) is 3.53. The number of allylic oxidation sites excluding steroid dienone is 1. The first-order valence-electron chi connectivity index (χ1n) is 4.93. The summed E-state index contributed by atoms with van der Waals surface area (Å²) in [4.78, 5) is 22.6. The lowest BCUT2D eigenvalue weighted by Gasteiger charge is -2.24. The molecule has 0 heterocycles. The Balaban J connectivity index is 4.43. The van der Waals surface area contributed by atoms with E-state index in [4.69, 9.17) is 9.47 Å². The van der Waals surface area contributed by atoms with Gasteiger partial charge < -0.3 is 9.47 Å². The fourth-order valence-corrected chi connectivity index (χ4v) is 0.909. The van der Waals surface area contributed by atoms with Crippen molar-refractivity contribution >= 4 is 11.8 Å². The van der Waals surface area contributed by atoms with E-state index in [-0.39, 0.29) is 18.1 Å². The molecule has 0 fully saturated rings. The Morgan fingerprint density at radius 2 is 1.80 bits per heavy atom. The van der Waals surface area contributed by atoms with Gasteiger partial charge in [0.1, 0.15) is 0 Å². The molecule has 0 aliphatic rings. The summed E-state index contributed by atoms with van der Waals surface area (Å²) >= 11 is 0. The van der Waals surface area contributed by atoms with Crippen molar-refractivity contribution in [2.75, 3.05) is 6.61 Å². The van der Waals surface area contributed by atoms with Crippen LogP contribution in [0.15, 0.2) is 12.3 Å². The van der Waals surface area contributed by atoms with Crippen LogP contribution in [-0.2, 0) is 19.1 Å². The Labute approximate surface area is 90.2 Å². The number of hydrogen-bond donors (Lipinski definition) is 0. The lowest BCUT2D eigenvalue weighted by atomic mass is 10.1. The molecule has 0 rings (SSSR count). The fourth-order valence-electron chi connectivity index (χ4n) is 0.909. The van der Waals surface area contributed by atoms with Crippen LogP contribution in [-0.4, -0.2) is 24.0 Å². The molecular formula is C11H18O4. The minimum atomic E-state index is -1.17. The van der Waals surface area contributed by atoms with E-state index in [1.807, 2.05) is 0 Å². The van der Waals surface area contributed by atoms with E-state index in [0.717, 1.165) is 0 Å². The Morgan fingerprint density at radius 1 is 1.27 bits per heavy atom. The second kappa shape index (κ2) is 5.53. The number of carbonyl (C=O) groups is 2. The molecule has 0 aliphatic heterocycles. The number of ether oxygens (including phenoxy) is 2. The van der Waals surface area contributed by atoms with Crippen molar-refractivity contribution in [1.29, 1.82) is 0 Å². The summed E-state index contributed by atoms with van der Waals surface area (Å²) in [6, 6.07) is 0. The van der Waals surface area contributed by atoms with Gasteiger partial charge in [0.25, 0.3) is 0 Å². The van der Waals surface area contributed by atoms with Gasteiger partial charge >= 0.3 is 5.97 Å². The van der Waals surface area contributed by atoms with Crippen LogP contribution >= 0.6 is 0 Å². The van der Waals surface area contributed by atoms with Gasteiger partial charge in [-0.05, 0) is 20.8 Å². The second-order valence-electron chi connectivity index (χ2n) is 3.53. The molecule has 0 unspecified atom stereocenters. The highest BCUT2D eigenvalue weighted by molar-refractivity contribution is 5.93. The first kappa shape index (κ1) is 13.7. The molecule has 0 N–H and O–H groups in total. The molecule has 4 nitrogen and oxygen atoms in total. The van der Waals surface area contributed by atoms with Crippen molar-refractivity contribution < 1.29 is 19.1 Å². The number of ketones is 1. The molecule has 0 saturated heterocycles. The molecule has 0 bridgehead atoms. The molecule has 15 heavy (non-hydrogen) atoms. The van der Waals surface area contributed by atoms with Crippen LogP contribution < -0.4 is 0 Å². The van der Waals surface area contributed by atoms with Crippen molar-refractivity contribution in [3.63, 3.8) is 0 Å². The van der Waals surface area contributed by atoms with E-state index in [2.05, 4.69) is 6.58 Å². The third-order valence-electron chi connectivity index (χ3n) is 1.78. The molecule has 0 amide bonds. The smallest absolute Gasteiger partial charge is 0.349 e. The molecule has 0 aromatic carbocycles. The van der Waals surface area contributed by atoms with Crippen LogP contribution in [0.1, 0.15) is 34.1 Å². The van der Waals surface area contributed by atoms with Crippen LogP contribution in [0, 0.1) is 0 Å². The molecule has 0 radical (unpaired) electrons. The van der Waals surface area contributed by atoms with Gasteiger partial charge in [-0.2, -0.15) is 0 Å². The normalized spacial score (nSPS) is 10.7. The van der Waals surface area contributed by atoms with Crippen molar-refractivity contribution in [2.24, 2.45) is 0 Å². The zero-order valence-electron chi connectivity index (χ0n) is 9.75. The van der Waals surface area contributed by atoms with Crippen molar-refractivity contribution in [3.8, 4) is 0 Å². The minimum Gasteiger partial charge on any atom is -0.473 e. The van der Waals surface area contributed by atoms with Gasteiger partial charge in [0.05, 0.1) is 6.61 Å². The molecule has 0 saturated carbocycles. The quantitative estimate of drug-likeness (QED) is 0.384. The standard InChI is InChI=1S/C11H18O4/c1-6-9(12)8(3)15-11(4,5)10(13)14-7-2/h3,6-7H2,1-2,4-5H3. The average Bonchev–Trinajstić information content (AvgIpc) is 2.16. The third kappa shape index (κ3) is 4.14. The Hall–Kier alpha value is -1.32. The van der Waals surface area contributed by atoms with Crippen LogP contribution in [0.5, 0.6) is 0 Å². The Bertz CT molecular complexity index is 266. The summed E-state index contributed by atoms with van der Waals surface area (Å²) in [6.07, 6.45) is 0.303. The third-order valence-corrected chi connectivity index (χ3v) is 1.78. The van der Waals surface area contributed by atoms with Crippen LogP contribution in [0.4, 0.5) is 0 Å². The van der Waals surface area contributed by atoms with Crippen LogP contribution in [0.3, 0.4) is 0 Å². The minimum absolute atomic E-state index is 0.00412. The highest BCUT2D eigenvalue weighted by Crippen LogP contribution is 2.16. The fraction of sp³-hybridized carbons (Fsp3) is 0.636. The maximum Gasteiger partial charge on any atom is 0.349 e. The summed E-state index contributed by atoms with van der Waals surface area (Å²) in [5.74, 6) is -0.724. The zero-order valence-corrected chi connectivity index (χ0v) is 9.75. The molecule has 0 atom stereocenters. The summed E-state index contributed by atoms with van der Waals surface area (Å²) in [6.45, 7) is 10.2. The van der Waals surface area contributed by atoms with E-state index >= 15 is 0 Å². The number of esters is 1. The maximum absolute atomic E-state index is 11.4. The number of carbonyl (C=O) groups excluding carboxylic acids is 2. The largest absolute Gasteiger partial charge is 0.473 e. The first-order valence-corrected chi connectivity index (χ1v) is 4.93. The molecule has 4 heteroatoms. The van der Waals surface area contributed by atoms with Crippen molar-refractivity contribution in [1.82, 2.24) is 0 Å². The lowest BCUT2D eigenvalue weighted by Crippen LogP contribution is -2.37. The monoisotopic (exact) mass is 214 g/mol. The molecule has 0 aliphatic carbocycles. The summed E-state index contributed by atoms with van der Waals surface area (Å²) in [5.41, 5.74) is -1.17. The van der Waals surface area contributed by atoms with Crippen LogP contribution in [0.2, 0.25) is 0 Å². The average molecular weight is 214 g/mol. The van der Waals surface area contributed by atoms with E-state index in [1.54, 1.807) is 27.7 Å². The molecule has 0 aromatic rings. The topological polar surface area (TPSA) is 52.6 Å². The van der Waals surface area contributed by atoms with Gasteiger partial charge in [-0.3, -0.25) is 4.79 Å². The van der Waals surface area contributed by atoms with Crippen LogP contribution in [0.25, 0.3) is 0 Å². The van der Waals surface area contributed by atoms with Crippen molar-refractivity contribution in [3.05, 3.63) is 12.3 Å². The number of rotatable bonds is 6. The SMILES string of the molecule is C=C(OC(C)(C)C(=O)OCC)C(=O)CC. The summed E-state index contributed by atoms with van der Waals surface area (Å²) < 4.78 is 9.99. The summed E-state index contributed by atoms with van der Waals surface area (Å²) in [5, 5.41) is 0. The van der Waals surface area contributed by atoms with E-state index in [1.165, 1.54) is 0 Å². The predicted octanol–water partition coefficient (Wildman–Crippen LogP) is 1.84. The van der Waals surface area contributed by atoms with Gasteiger partial charge in [-0.1, -0.05) is 13.5 Å². The molecular weight excluding hydrogens is 196 g/mol. The highest BCUT2D eigenvalue weighted by atomic mass is 16.6. The van der Waals surface area contributed by atoms with Gasteiger partial charge in [-0.25, -0.2) is 4.79 Å². The Morgan fingerprint density at radius 3 is 2.20 bits per heavy atom. The summed E-state index contributed by atoms with van der Waals surface area (Å²) in [7, 11) is 0. The molecule has 86 valence electrons.